The number of imidazole rings is 1. The quantitative estimate of drug-likeness (QED) is 0.472. The smallest absolute Gasteiger partial charge is 0.308 e. The number of hydrogen-bond acceptors (Lipinski definition) is 6. The Labute approximate surface area is 200 Å². The highest BCUT2D eigenvalue weighted by Crippen LogP contribution is 2.33. The van der Waals surface area contributed by atoms with Gasteiger partial charge in [0.1, 0.15) is 11.6 Å². The minimum atomic E-state index is -0.743. The summed E-state index contributed by atoms with van der Waals surface area (Å²) in [5.74, 6) is 0.673. The third kappa shape index (κ3) is 5.56. The van der Waals surface area contributed by atoms with E-state index in [0.29, 0.717) is 19.4 Å². The molecular weight excluding hydrogens is 432 g/mol. The highest BCUT2D eigenvalue weighted by Gasteiger charge is 2.34. The Morgan fingerprint density at radius 2 is 2.12 bits per heavy atom. The van der Waals surface area contributed by atoms with E-state index in [2.05, 4.69) is 14.9 Å². The van der Waals surface area contributed by atoms with Gasteiger partial charge >= 0.3 is 5.97 Å². The number of aliphatic carboxylic acids is 1. The summed E-state index contributed by atoms with van der Waals surface area (Å²) in [5.41, 5.74) is 1.61. The highest BCUT2D eigenvalue weighted by molar-refractivity contribution is 5.83. The molecule has 2 N–H and O–H groups in total. The van der Waals surface area contributed by atoms with E-state index in [4.69, 9.17) is 4.74 Å². The van der Waals surface area contributed by atoms with Crippen molar-refractivity contribution in [2.45, 2.75) is 38.2 Å². The van der Waals surface area contributed by atoms with Crippen molar-refractivity contribution < 1.29 is 19.7 Å². The Bertz CT molecular complexity index is 1120. The van der Waals surface area contributed by atoms with E-state index < -0.39 is 18.0 Å². The number of carboxylic acid groups (broad SMARTS) is 1. The number of piperidine rings is 1. The molecule has 0 unspecified atom stereocenters. The molecule has 4 rings (SSSR count). The summed E-state index contributed by atoms with van der Waals surface area (Å²) >= 11 is 0. The summed E-state index contributed by atoms with van der Waals surface area (Å²) in [5, 5.41) is 21.7. The van der Waals surface area contributed by atoms with Gasteiger partial charge in [0.15, 0.2) is 0 Å². The molecule has 8 nitrogen and oxygen atoms in total. The number of benzene rings is 1. The van der Waals surface area contributed by atoms with Crippen LogP contribution >= 0.6 is 0 Å². The fraction of sp³-hybridized carbons (Fsp3) is 0.500. The van der Waals surface area contributed by atoms with E-state index in [1.807, 2.05) is 42.1 Å². The number of aryl methyl sites for hydroxylation is 2. The third-order valence-electron chi connectivity index (χ3n) is 7.11. The number of hydrogen-bond donors (Lipinski definition) is 2. The summed E-state index contributed by atoms with van der Waals surface area (Å²) < 4.78 is 7.36. The van der Waals surface area contributed by atoms with Crippen LogP contribution in [0.25, 0.3) is 10.9 Å². The number of aliphatic hydroxyl groups is 1. The fourth-order valence-electron chi connectivity index (χ4n) is 5.09. The number of nitrogens with zero attached hydrogens (tertiary/aromatic N) is 4. The monoisotopic (exact) mass is 466 g/mol. The molecular formula is C26H34N4O4. The first-order chi connectivity index (χ1) is 16.5. The highest BCUT2D eigenvalue weighted by atomic mass is 16.5. The Kier molecular flexibility index (Phi) is 7.80. The average molecular weight is 467 g/mol. The van der Waals surface area contributed by atoms with Gasteiger partial charge in [-0.05, 0) is 74.5 Å². The predicted molar refractivity (Wildman–Crippen MR) is 130 cm³/mol. The van der Waals surface area contributed by atoms with E-state index in [1.165, 1.54) is 0 Å². The number of aliphatic hydroxyl groups excluding tert-OH is 1. The van der Waals surface area contributed by atoms with Crippen molar-refractivity contribution in [3.63, 3.8) is 0 Å². The van der Waals surface area contributed by atoms with Gasteiger partial charge in [-0.15, -0.1) is 0 Å². The second-order valence-electron chi connectivity index (χ2n) is 9.23. The molecule has 1 aromatic carbocycles. The number of carbonyl (C=O) groups is 1. The Balaban J connectivity index is 1.34. The molecule has 34 heavy (non-hydrogen) atoms. The van der Waals surface area contributed by atoms with Crippen LogP contribution in [0.3, 0.4) is 0 Å². The number of carboxylic acids is 1. The SMILES string of the molecule is COc1ccc2nccc([C@@H](O)CC[C@@H]3CCN(CCCc4nccn4C)C[C@@H]3C(=O)O)c2c1. The second kappa shape index (κ2) is 11.0. The van der Waals surface area contributed by atoms with Crippen LogP contribution in [0.4, 0.5) is 0 Å². The lowest BCUT2D eigenvalue weighted by Crippen LogP contribution is -2.44. The van der Waals surface area contributed by atoms with Crippen LogP contribution in [0.1, 0.15) is 43.2 Å². The fourth-order valence-corrected chi connectivity index (χ4v) is 5.09. The largest absolute Gasteiger partial charge is 0.497 e. The van der Waals surface area contributed by atoms with Crippen LogP contribution in [0.2, 0.25) is 0 Å². The first-order valence-electron chi connectivity index (χ1n) is 12.0. The number of pyridine rings is 1. The summed E-state index contributed by atoms with van der Waals surface area (Å²) in [6, 6.07) is 7.47. The Hall–Kier alpha value is -2.97. The van der Waals surface area contributed by atoms with Crippen molar-refractivity contribution in [3.8, 4) is 5.75 Å². The molecule has 2 aromatic heterocycles. The number of likely N-dealkylation sites (tertiary alicyclic amines) is 1. The molecule has 0 radical (unpaired) electrons. The summed E-state index contributed by atoms with van der Waals surface area (Å²) in [6.07, 6.45) is 8.65. The minimum Gasteiger partial charge on any atom is -0.497 e. The van der Waals surface area contributed by atoms with E-state index >= 15 is 0 Å². The van der Waals surface area contributed by atoms with Gasteiger partial charge in [-0.1, -0.05) is 0 Å². The lowest BCUT2D eigenvalue weighted by atomic mass is 9.81. The second-order valence-corrected chi connectivity index (χ2v) is 9.23. The first kappa shape index (κ1) is 24.2. The molecule has 0 spiro atoms. The number of ether oxygens (including phenoxy) is 1. The number of fused-ring (bicyclic) bond motifs is 1. The summed E-state index contributed by atoms with van der Waals surface area (Å²) in [7, 11) is 3.61. The van der Waals surface area contributed by atoms with Gasteiger partial charge in [-0.2, -0.15) is 0 Å². The van der Waals surface area contributed by atoms with E-state index in [0.717, 1.165) is 60.4 Å². The van der Waals surface area contributed by atoms with Crippen LogP contribution in [0.5, 0.6) is 5.75 Å². The van der Waals surface area contributed by atoms with Gasteiger partial charge in [0.05, 0.1) is 24.6 Å². The lowest BCUT2D eigenvalue weighted by Gasteiger charge is -2.37. The van der Waals surface area contributed by atoms with Crippen LogP contribution in [-0.4, -0.2) is 62.4 Å². The van der Waals surface area contributed by atoms with E-state index in [9.17, 15) is 15.0 Å². The zero-order valence-corrected chi connectivity index (χ0v) is 19.9. The van der Waals surface area contributed by atoms with Gasteiger partial charge in [0, 0.05) is 44.0 Å². The van der Waals surface area contributed by atoms with Gasteiger partial charge in [0.2, 0.25) is 0 Å². The van der Waals surface area contributed by atoms with Crippen molar-refractivity contribution in [3.05, 3.63) is 54.2 Å². The van der Waals surface area contributed by atoms with Gasteiger partial charge < -0.3 is 24.4 Å². The van der Waals surface area contributed by atoms with Crippen LogP contribution in [0, 0.1) is 11.8 Å². The molecule has 1 aliphatic rings. The van der Waals surface area contributed by atoms with E-state index in [-0.39, 0.29) is 5.92 Å². The molecule has 3 aromatic rings. The number of rotatable bonds is 10. The molecule has 0 saturated carbocycles. The van der Waals surface area contributed by atoms with Crippen molar-refractivity contribution in [2.24, 2.45) is 18.9 Å². The topological polar surface area (TPSA) is 101 Å². The molecule has 0 aliphatic carbocycles. The Morgan fingerprint density at radius 3 is 2.85 bits per heavy atom. The van der Waals surface area contributed by atoms with Gasteiger partial charge in [-0.25, -0.2) is 4.98 Å². The van der Waals surface area contributed by atoms with E-state index in [1.54, 1.807) is 19.5 Å². The summed E-state index contributed by atoms with van der Waals surface area (Å²) in [4.78, 5) is 23.1. The standard InChI is InChI=1S/C26H34N4O4/c1-29-15-12-28-25(29)4-3-13-30-14-10-18(22(17-30)26(32)33)5-8-24(31)20-9-11-27-23-7-6-19(34-2)16-21(20)23/h6-7,9,11-12,15-16,18,22,24,31H,3-5,8,10,13-14,17H2,1-2H3,(H,32,33)/t18-,22+,24+/m1/s1. The molecule has 182 valence electrons. The molecule has 3 atom stereocenters. The average Bonchev–Trinajstić information content (AvgIpc) is 3.26. The first-order valence-corrected chi connectivity index (χ1v) is 12.0. The normalized spacial score (nSPS) is 19.9. The molecule has 1 saturated heterocycles. The third-order valence-corrected chi connectivity index (χ3v) is 7.11. The van der Waals surface area contributed by atoms with Crippen molar-refractivity contribution in [1.82, 2.24) is 19.4 Å². The molecule has 3 heterocycles. The maximum Gasteiger partial charge on any atom is 0.308 e. The predicted octanol–water partition coefficient (Wildman–Crippen LogP) is 3.45. The van der Waals surface area contributed by atoms with Crippen molar-refractivity contribution >= 4 is 16.9 Å². The number of methoxy groups -OCH3 is 1. The molecule has 8 heteroatoms. The van der Waals surface area contributed by atoms with Gasteiger partial charge in [-0.3, -0.25) is 9.78 Å². The molecule has 0 bridgehead atoms. The van der Waals surface area contributed by atoms with Crippen LogP contribution in [0.15, 0.2) is 42.9 Å². The minimum absolute atomic E-state index is 0.0561. The zero-order valence-electron chi connectivity index (χ0n) is 19.9. The van der Waals surface area contributed by atoms with Gasteiger partial charge in [0.25, 0.3) is 0 Å². The molecule has 1 fully saturated rings. The zero-order chi connectivity index (χ0) is 24.1. The maximum absolute atomic E-state index is 12.1. The summed E-state index contributed by atoms with van der Waals surface area (Å²) in [6.45, 7) is 2.32. The maximum atomic E-state index is 12.1. The van der Waals surface area contributed by atoms with Crippen LogP contribution < -0.4 is 4.74 Å². The number of aromatic nitrogens is 3. The van der Waals surface area contributed by atoms with Crippen molar-refractivity contribution in [2.75, 3.05) is 26.7 Å². The lowest BCUT2D eigenvalue weighted by molar-refractivity contribution is -0.146. The van der Waals surface area contributed by atoms with Crippen molar-refractivity contribution in [1.29, 1.82) is 0 Å². The van der Waals surface area contributed by atoms with Crippen LogP contribution in [-0.2, 0) is 18.3 Å². The molecule has 0 amide bonds. The Morgan fingerprint density at radius 1 is 1.26 bits per heavy atom. The molecule has 1 aliphatic heterocycles.